The molecule has 0 unspecified atom stereocenters. The number of hydrogen-bond donors (Lipinski definition) is 2. The average Bonchev–Trinajstić information content (AvgIpc) is 2.87. The second kappa shape index (κ2) is 3.73. The van der Waals surface area contributed by atoms with Gasteiger partial charge in [-0.05, 0) is 5.92 Å². The number of nitrogen functional groups attached to an aromatic ring is 1. The van der Waals surface area contributed by atoms with E-state index in [0.717, 1.165) is 23.7 Å². The molecule has 0 aromatic carbocycles. The first-order valence-electron chi connectivity index (χ1n) is 5.78. The van der Waals surface area contributed by atoms with Gasteiger partial charge in [0.2, 0.25) is 0 Å². The quantitative estimate of drug-likeness (QED) is 0.801. The molecule has 0 atom stereocenters. The van der Waals surface area contributed by atoms with Crippen LogP contribution in [0.4, 0.5) is 5.82 Å². The molecule has 84 valence electrons. The van der Waals surface area contributed by atoms with E-state index in [2.05, 4.69) is 19.9 Å². The maximum Gasteiger partial charge on any atom is 0.183 e. The van der Waals surface area contributed by atoms with Crippen molar-refractivity contribution in [2.24, 2.45) is 5.92 Å². The number of nitrogens with two attached hydrogens (primary N) is 1. The first-order chi connectivity index (χ1) is 7.83. The molecule has 0 amide bonds. The van der Waals surface area contributed by atoms with Gasteiger partial charge in [0, 0.05) is 6.42 Å². The van der Waals surface area contributed by atoms with Crippen molar-refractivity contribution in [3.63, 3.8) is 0 Å². The highest BCUT2D eigenvalue weighted by Gasteiger charge is 2.17. The predicted molar refractivity (Wildman–Crippen MR) is 61.8 cm³/mol. The zero-order valence-electron chi connectivity index (χ0n) is 9.11. The highest BCUT2D eigenvalue weighted by molar-refractivity contribution is 5.80. The fraction of sp³-hybridized carbons (Fsp3) is 0.545. The van der Waals surface area contributed by atoms with Crippen LogP contribution in [0.3, 0.4) is 0 Å². The molecule has 2 aromatic rings. The van der Waals surface area contributed by atoms with Crippen LogP contribution < -0.4 is 5.73 Å². The van der Waals surface area contributed by atoms with Gasteiger partial charge in [0.25, 0.3) is 0 Å². The summed E-state index contributed by atoms with van der Waals surface area (Å²) in [5, 5.41) is 0. The highest BCUT2D eigenvalue weighted by Crippen LogP contribution is 2.27. The van der Waals surface area contributed by atoms with Gasteiger partial charge in [0.05, 0.1) is 6.33 Å². The summed E-state index contributed by atoms with van der Waals surface area (Å²) >= 11 is 0. The summed E-state index contributed by atoms with van der Waals surface area (Å²) in [7, 11) is 0. The summed E-state index contributed by atoms with van der Waals surface area (Å²) in [6.45, 7) is 0. The number of imidazole rings is 1. The number of H-pyrrole nitrogens is 1. The fourth-order valence-corrected chi connectivity index (χ4v) is 2.47. The molecule has 5 nitrogen and oxygen atoms in total. The van der Waals surface area contributed by atoms with Crippen molar-refractivity contribution in [2.45, 2.75) is 32.1 Å². The Hall–Kier alpha value is -1.65. The third kappa shape index (κ3) is 1.62. The molecule has 0 radical (unpaired) electrons. The maximum absolute atomic E-state index is 5.85. The summed E-state index contributed by atoms with van der Waals surface area (Å²) in [5.41, 5.74) is 7.28. The van der Waals surface area contributed by atoms with Crippen LogP contribution in [0, 0.1) is 5.92 Å². The lowest BCUT2D eigenvalue weighted by Gasteiger charge is -2.07. The molecule has 0 bridgehead atoms. The van der Waals surface area contributed by atoms with Crippen LogP contribution in [-0.2, 0) is 6.42 Å². The Morgan fingerprint density at radius 3 is 2.94 bits per heavy atom. The van der Waals surface area contributed by atoms with Gasteiger partial charge in [-0.2, -0.15) is 0 Å². The number of nitrogens with one attached hydrogen (secondary N) is 1. The van der Waals surface area contributed by atoms with Crippen LogP contribution in [0.15, 0.2) is 6.33 Å². The minimum Gasteiger partial charge on any atom is -0.382 e. The predicted octanol–water partition coefficient (Wildman–Crippen LogP) is 1.67. The van der Waals surface area contributed by atoms with Crippen molar-refractivity contribution in [1.29, 1.82) is 0 Å². The van der Waals surface area contributed by atoms with E-state index >= 15 is 0 Å². The number of aromatic nitrogens is 4. The van der Waals surface area contributed by atoms with E-state index in [1.807, 2.05) is 0 Å². The Kier molecular flexibility index (Phi) is 2.23. The zero-order valence-corrected chi connectivity index (χ0v) is 9.11. The molecular weight excluding hydrogens is 202 g/mol. The lowest BCUT2D eigenvalue weighted by atomic mass is 10.0. The molecule has 3 rings (SSSR count). The Balaban J connectivity index is 1.91. The first-order valence-corrected chi connectivity index (χ1v) is 5.78. The normalized spacial score (nSPS) is 17.2. The number of rotatable bonds is 2. The van der Waals surface area contributed by atoms with Gasteiger partial charge in [0.1, 0.15) is 11.3 Å². The monoisotopic (exact) mass is 217 g/mol. The third-order valence-corrected chi connectivity index (χ3v) is 3.31. The van der Waals surface area contributed by atoms with Crippen molar-refractivity contribution >= 4 is 17.0 Å². The lowest BCUT2D eigenvalue weighted by molar-refractivity contribution is 0.532. The summed E-state index contributed by atoms with van der Waals surface area (Å²) < 4.78 is 0. The van der Waals surface area contributed by atoms with Gasteiger partial charge in [-0.3, -0.25) is 0 Å². The van der Waals surface area contributed by atoms with E-state index in [9.17, 15) is 0 Å². The zero-order chi connectivity index (χ0) is 11.0. The third-order valence-electron chi connectivity index (χ3n) is 3.31. The van der Waals surface area contributed by atoms with Crippen LogP contribution in [0.25, 0.3) is 11.2 Å². The number of fused-ring (bicyclic) bond motifs is 1. The van der Waals surface area contributed by atoms with Gasteiger partial charge in [0.15, 0.2) is 11.5 Å². The van der Waals surface area contributed by atoms with Crippen molar-refractivity contribution in [2.75, 3.05) is 5.73 Å². The van der Waals surface area contributed by atoms with E-state index in [-0.39, 0.29) is 0 Å². The summed E-state index contributed by atoms with van der Waals surface area (Å²) in [4.78, 5) is 15.8. The highest BCUT2D eigenvalue weighted by atomic mass is 15.0. The van der Waals surface area contributed by atoms with Crippen LogP contribution >= 0.6 is 0 Å². The first kappa shape index (κ1) is 9.57. The number of anilines is 1. The molecule has 1 aliphatic carbocycles. The van der Waals surface area contributed by atoms with Gasteiger partial charge < -0.3 is 10.7 Å². The summed E-state index contributed by atoms with van der Waals surface area (Å²) in [6.07, 6.45) is 7.81. The standard InChI is InChI=1S/C11H15N5/c12-10-9-11(14-6-13-9)16-8(15-10)5-7-3-1-2-4-7/h6-7H,1-5H2,(H3,12,13,14,15,16). The van der Waals surface area contributed by atoms with Crippen molar-refractivity contribution in [1.82, 2.24) is 19.9 Å². The van der Waals surface area contributed by atoms with Crippen molar-refractivity contribution < 1.29 is 0 Å². The SMILES string of the molecule is Nc1nc(CC2CCCC2)nc2nc[nH]c12. The smallest absolute Gasteiger partial charge is 0.183 e. The summed E-state index contributed by atoms with van der Waals surface area (Å²) in [6, 6.07) is 0. The molecule has 0 spiro atoms. The second-order valence-corrected chi connectivity index (χ2v) is 4.48. The Morgan fingerprint density at radius 2 is 2.12 bits per heavy atom. The molecule has 1 fully saturated rings. The second-order valence-electron chi connectivity index (χ2n) is 4.48. The molecule has 2 aromatic heterocycles. The minimum absolute atomic E-state index is 0.510. The van der Waals surface area contributed by atoms with Crippen molar-refractivity contribution in [3.8, 4) is 0 Å². The Morgan fingerprint density at radius 1 is 1.31 bits per heavy atom. The van der Waals surface area contributed by atoms with Crippen LogP contribution in [0.5, 0.6) is 0 Å². The van der Waals surface area contributed by atoms with Gasteiger partial charge in [-0.15, -0.1) is 0 Å². The van der Waals surface area contributed by atoms with Crippen LogP contribution in [-0.4, -0.2) is 19.9 Å². The van der Waals surface area contributed by atoms with Crippen LogP contribution in [0.1, 0.15) is 31.5 Å². The minimum atomic E-state index is 0.510. The van der Waals surface area contributed by atoms with E-state index < -0.39 is 0 Å². The molecule has 1 saturated carbocycles. The molecule has 0 saturated heterocycles. The van der Waals surface area contributed by atoms with Crippen molar-refractivity contribution in [3.05, 3.63) is 12.2 Å². The molecule has 0 aliphatic heterocycles. The maximum atomic E-state index is 5.85. The van der Waals surface area contributed by atoms with Gasteiger partial charge in [-0.25, -0.2) is 15.0 Å². The Labute approximate surface area is 93.5 Å². The lowest BCUT2D eigenvalue weighted by Crippen LogP contribution is -2.06. The molecular formula is C11H15N5. The molecule has 1 aliphatic rings. The van der Waals surface area contributed by atoms with E-state index in [1.54, 1.807) is 6.33 Å². The van der Waals surface area contributed by atoms with E-state index in [1.165, 1.54) is 25.7 Å². The number of hydrogen-bond acceptors (Lipinski definition) is 4. The molecule has 2 heterocycles. The van der Waals surface area contributed by atoms with Gasteiger partial charge >= 0.3 is 0 Å². The molecule has 16 heavy (non-hydrogen) atoms. The van der Waals surface area contributed by atoms with E-state index in [0.29, 0.717) is 11.5 Å². The van der Waals surface area contributed by atoms with E-state index in [4.69, 9.17) is 5.73 Å². The number of aromatic amines is 1. The number of nitrogens with zero attached hydrogens (tertiary/aromatic N) is 3. The summed E-state index contributed by atoms with van der Waals surface area (Å²) in [5.74, 6) is 2.08. The topological polar surface area (TPSA) is 80.5 Å². The average molecular weight is 217 g/mol. The van der Waals surface area contributed by atoms with Gasteiger partial charge in [-0.1, -0.05) is 25.7 Å². The Bertz CT molecular complexity index is 498. The largest absolute Gasteiger partial charge is 0.382 e. The van der Waals surface area contributed by atoms with Crippen LogP contribution in [0.2, 0.25) is 0 Å². The molecule has 5 heteroatoms. The fourth-order valence-electron chi connectivity index (χ4n) is 2.47. The molecule has 3 N–H and O–H groups in total.